The quantitative estimate of drug-likeness (QED) is 0.718. The van der Waals surface area contributed by atoms with E-state index in [1.54, 1.807) is 0 Å². The van der Waals surface area contributed by atoms with E-state index in [0.717, 1.165) is 17.6 Å². The van der Waals surface area contributed by atoms with Crippen molar-refractivity contribution in [1.29, 1.82) is 0 Å². The Morgan fingerprint density at radius 1 is 1.29 bits per heavy atom. The minimum absolute atomic E-state index is 0.522. The molecule has 3 heteroatoms. The Balaban J connectivity index is 1.86. The SMILES string of the molecule is CC(C)NCC(CCCC1CCCO1)c1ccc(Br)cc1. The van der Waals surface area contributed by atoms with Crippen molar-refractivity contribution in [2.75, 3.05) is 13.2 Å². The third kappa shape index (κ3) is 6.09. The van der Waals surface area contributed by atoms with Crippen LogP contribution in [0.2, 0.25) is 0 Å². The summed E-state index contributed by atoms with van der Waals surface area (Å²) >= 11 is 3.52. The number of hydrogen-bond acceptors (Lipinski definition) is 2. The molecule has 2 nitrogen and oxygen atoms in total. The molecule has 1 aliphatic rings. The molecule has 0 aliphatic carbocycles. The maximum Gasteiger partial charge on any atom is 0.0576 e. The van der Waals surface area contributed by atoms with Gasteiger partial charge in [0, 0.05) is 23.7 Å². The van der Waals surface area contributed by atoms with Crippen LogP contribution in [0.5, 0.6) is 0 Å². The van der Waals surface area contributed by atoms with E-state index in [1.165, 1.54) is 37.7 Å². The fraction of sp³-hybridized carbons (Fsp3) is 0.667. The number of halogens is 1. The van der Waals surface area contributed by atoms with E-state index >= 15 is 0 Å². The zero-order valence-corrected chi connectivity index (χ0v) is 14.9. The van der Waals surface area contributed by atoms with Crippen LogP contribution in [0.3, 0.4) is 0 Å². The summed E-state index contributed by atoms with van der Waals surface area (Å²) in [5, 5.41) is 3.59. The fourth-order valence-corrected chi connectivity index (χ4v) is 3.23. The molecule has 0 spiro atoms. The van der Waals surface area contributed by atoms with Gasteiger partial charge in [-0.1, -0.05) is 48.3 Å². The number of benzene rings is 1. The smallest absolute Gasteiger partial charge is 0.0576 e. The first kappa shape index (κ1) is 17.0. The molecule has 2 atom stereocenters. The molecule has 0 amide bonds. The fourth-order valence-electron chi connectivity index (χ4n) is 2.96. The molecule has 1 aromatic rings. The van der Waals surface area contributed by atoms with Crippen molar-refractivity contribution in [3.8, 4) is 0 Å². The largest absolute Gasteiger partial charge is 0.378 e. The molecule has 1 heterocycles. The number of hydrogen-bond donors (Lipinski definition) is 1. The second kappa shape index (κ2) is 8.92. The van der Waals surface area contributed by atoms with Crippen LogP contribution in [0.15, 0.2) is 28.7 Å². The van der Waals surface area contributed by atoms with Gasteiger partial charge in [0.1, 0.15) is 0 Å². The number of ether oxygens (including phenoxy) is 1. The van der Waals surface area contributed by atoms with Crippen molar-refractivity contribution in [1.82, 2.24) is 5.32 Å². The lowest BCUT2D eigenvalue weighted by Gasteiger charge is -2.20. The van der Waals surface area contributed by atoms with Gasteiger partial charge < -0.3 is 10.1 Å². The zero-order chi connectivity index (χ0) is 15.1. The Morgan fingerprint density at radius 2 is 2.05 bits per heavy atom. The first-order chi connectivity index (χ1) is 10.1. The summed E-state index contributed by atoms with van der Waals surface area (Å²) in [5.41, 5.74) is 1.44. The summed E-state index contributed by atoms with van der Waals surface area (Å²) in [5.74, 6) is 0.599. The van der Waals surface area contributed by atoms with Crippen LogP contribution in [0.4, 0.5) is 0 Å². The highest BCUT2D eigenvalue weighted by molar-refractivity contribution is 9.10. The van der Waals surface area contributed by atoms with Gasteiger partial charge in [-0.05, 0) is 49.3 Å². The highest BCUT2D eigenvalue weighted by Crippen LogP contribution is 2.26. The molecule has 1 aromatic carbocycles. The summed E-state index contributed by atoms with van der Waals surface area (Å²) in [6.45, 7) is 6.45. The van der Waals surface area contributed by atoms with Crippen molar-refractivity contribution >= 4 is 15.9 Å². The highest BCUT2D eigenvalue weighted by Gasteiger charge is 2.17. The normalized spacial score (nSPS) is 20.1. The summed E-state index contributed by atoms with van der Waals surface area (Å²) in [7, 11) is 0. The van der Waals surface area contributed by atoms with Crippen LogP contribution >= 0.6 is 15.9 Å². The van der Waals surface area contributed by atoms with E-state index in [2.05, 4.69) is 59.4 Å². The predicted octanol–water partition coefficient (Wildman–Crippen LogP) is 4.88. The summed E-state index contributed by atoms with van der Waals surface area (Å²) in [6, 6.07) is 9.35. The van der Waals surface area contributed by atoms with Gasteiger partial charge in [0.15, 0.2) is 0 Å². The molecule has 1 aliphatic heterocycles. The van der Waals surface area contributed by atoms with Gasteiger partial charge in [-0.2, -0.15) is 0 Å². The van der Waals surface area contributed by atoms with Crippen molar-refractivity contribution < 1.29 is 4.74 Å². The predicted molar refractivity (Wildman–Crippen MR) is 92.8 cm³/mol. The lowest BCUT2D eigenvalue weighted by Crippen LogP contribution is -2.28. The molecule has 21 heavy (non-hydrogen) atoms. The molecule has 0 radical (unpaired) electrons. The van der Waals surface area contributed by atoms with E-state index < -0.39 is 0 Å². The monoisotopic (exact) mass is 353 g/mol. The average molecular weight is 354 g/mol. The first-order valence-electron chi connectivity index (χ1n) is 8.25. The second-order valence-corrected chi connectivity index (χ2v) is 7.29. The Hall–Kier alpha value is -0.380. The summed E-state index contributed by atoms with van der Waals surface area (Å²) in [4.78, 5) is 0. The molecule has 0 saturated carbocycles. The van der Waals surface area contributed by atoms with E-state index in [9.17, 15) is 0 Å². The van der Waals surface area contributed by atoms with Crippen LogP contribution in [-0.2, 0) is 4.74 Å². The first-order valence-corrected chi connectivity index (χ1v) is 9.05. The third-order valence-corrected chi connectivity index (χ3v) is 4.75. The minimum atomic E-state index is 0.522. The standard InChI is InChI=1S/C18H28BrNO/c1-14(2)20-13-16(15-8-10-17(19)11-9-15)5-3-6-18-7-4-12-21-18/h8-11,14,16,18,20H,3-7,12-13H2,1-2H3. The van der Waals surface area contributed by atoms with Gasteiger partial charge in [-0.3, -0.25) is 0 Å². The van der Waals surface area contributed by atoms with Gasteiger partial charge in [-0.25, -0.2) is 0 Å². The molecule has 118 valence electrons. The van der Waals surface area contributed by atoms with Crippen molar-refractivity contribution in [2.24, 2.45) is 0 Å². The molecule has 0 aromatic heterocycles. The maximum absolute atomic E-state index is 5.73. The molecule has 0 bridgehead atoms. The topological polar surface area (TPSA) is 21.3 Å². The molecule has 2 rings (SSSR count). The second-order valence-electron chi connectivity index (χ2n) is 6.38. The zero-order valence-electron chi connectivity index (χ0n) is 13.3. The van der Waals surface area contributed by atoms with E-state index in [4.69, 9.17) is 4.74 Å². The van der Waals surface area contributed by atoms with Crippen LogP contribution < -0.4 is 5.32 Å². The Labute approximate surface area is 137 Å². The van der Waals surface area contributed by atoms with Crippen molar-refractivity contribution in [3.05, 3.63) is 34.3 Å². The maximum atomic E-state index is 5.73. The van der Waals surface area contributed by atoms with E-state index in [1.807, 2.05) is 0 Å². The van der Waals surface area contributed by atoms with E-state index in [-0.39, 0.29) is 0 Å². The van der Waals surface area contributed by atoms with Crippen LogP contribution in [-0.4, -0.2) is 25.3 Å². The molecular formula is C18H28BrNO. The minimum Gasteiger partial charge on any atom is -0.378 e. The molecule has 1 saturated heterocycles. The van der Waals surface area contributed by atoms with Crippen LogP contribution in [0.25, 0.3) is 0 Å². The Bertz CT molecular complexity index is 398. The summed E-state index contributed by atoms with van der Waals surface area (Å²) in [6.07, 6.45) is 6.73. The van der Waals surface area contributed by atoms with Gasteiger partial charge in [-0.15, -0.1) is 0 Å². The van der Waals surface area contributed by atoms with Crippen molar-refractivity contribution in [2.45, 2.75) is 64.0 Å². The lowest BCUT2D eigenvalue weighted by atomic mass is 9.92. The Kier molecular flexibility index (Phi) is 7.21. The average Bonchev–Trinajstić information content (AvgIpc) is 2.97. The van der Waals surface area contributed by atoms with Crippen molar-refractivity contribution in [3.63, 3.8) is 0 Å². The van der Waals surface area contributed by atoms with Gasteiger partial charge in [0.2, 0.25) is 0 Å². The van der Waals surface area contributed by atoms with Gasteiger partial charge in [0.25, 0.3) is 0 Å². The van der Waals surface area contributed by atoms with Gasteiger partial charge in [0.05, 0.1) is 6.10 Å². The lowest BCUT2D eigenvalue weighted by molar-refractivity contribution is 0.101. The van der Waals surface area contributed by atoms with Gasteiger partial charge >= 0.3 is 0 Å². The molecule has 1 N–H and O–H groups in total. The number of nitrogens with one attached hydrogen (secondary N) is 1. The van der Waals surface area contributed by atoms with Crippen LogP contribution in [0.1, 0.15) is 57.4 Å². The molecule has 1 fully saturated rings. The van der Waals surface area contributed by atoms with E-state index in [0.29, 0.717) is 18.1 Å². The molecular weight excluding hydrogens is 326 g/mol. The number of rotatable bonds is 8. The highest BCUT2D eigenvalue weighted by atomic mass is 79.9. The Morgan fingerprint density at radius 3 is 2.67 bits per heavy atom. The molecule has 2 unspecified atom stereocenters. The summed E-state index contributed by atoms with van der Waals surface area (Å²) < 4.78 is 6.89. The van der Waals surface area contributed by atoms with Crippen LogP contribution in [0, 0.1) is 0 Å². The third-order valence-electron chi connectivity index (χ3n) is 4.22.